The molecule has 0 radical (unpaired) electrons. The molecule has 6 nitrogen and oxygen atoms in total. The van der Waals surface area contributed by atoms with Gasteiger partial charge in [-0.3, -0.25) is 4.79 Å². The lowest BCUT2D eigenvalue weighted by atomic mass is 10.1. The van der Waals surface area contributed by atoms with E-state index in [1.165, 1.54) is 69.9 Å². The fourth-order valence-corrected chi connectivity index (χ4v) is 3.28. The van der Waals surface area contributed by atoms with Crippen LogP contribution in [-0.4, -0.2) is 14.3 Å². The molecule has 7 heteroatoms. The minimum Gasteiger partial charge on any atom is -0.371 e. The van der Waals surface area contributed by atoms with Gasteiger partial charge < -0.3 is 9.50 Å². The molecule has 1 aromatic carbocycles. The number of hydrogen-bond acceptors (Lipinski definition) is 4. The van der Waals surface area contributed by atoms with E-state index in [1.54, 1.807) is 12.1 Å². The quantitative estimate of drug-likeness (QED) is 0.410. The number of nitrogens with one attached hydrogen (secondary N) is 1. The van der Waals surface area contributed by atoms with Crippen molar-refractivity contribution in [2.75, 3.05) is 5.32 Å². The summed E-state index contributed by atoms with van der Waals surface area (Å²) in [5, 5.41) is 7.59. The Kier molecular flexibility index (Phi) is 11.8. The molecule has 0 spiro atoms. The molecule has 1 rings (SSSR count). The van der Waals surface area contributed by atoms with Crippen LogP contribution in [0, 0.1) is 0 Å². The van der Waals surface area contributed by atoms with Gasteiger partial charge in [0.15, 0.2) is 0 Å². The Morgan fingerprint density at radius 2 is 1.37 bits per heavy atom. The molecule has 0 unspecified atom stereocenters. The lowest BCUT2D eigenvalue weighted by Crippen LogP contribution is -2.19. The summed E-state index contributed by atoms with van der Waals surface area (Å²) in [6, 6.07) is 6.06. The number of carbonyl (C=O) groups excluding carboxylic acids is 1. The maximum Gasteiger partial charge on any atom is 0.380 e. The minimum absolute atomic E-state index is 0.0361. The van der Waals surface area contributed by atoms with Crippen LogP contribution in [0.4, 0.5) is 5.69 Å². The third-order valence-corrected chi connectivity index (χ3v) is 4.78. The molecule has 0 bridgehead atoms. The Labute approximate surface area is 164 Å². The van der Waals surface area contributed by atoms with E-state index >= 15 is 0 Å². The van der Waals surface area contributed by atoms with Gasteiger partial charge in [-0.25, -0.2) is 0 Å². The Morgan fingerprint density at radius 1 is 0.889 bits per heavy atom. The first kappa shape index (κ1) is 23.4. The van der Waals surface area contributed by atoms with Crippen LogP contribution in [0.5, 0.6) is 5.75 Å². The number of amides is 1. The highest BCUT2D eigenvalue weighted by atomic mass is 32.2. The standard InChI is InChI=1S/C20H34N2O4S/c1-2-3-4-5-6-7-8-9-10-11-12-13-20(23)22-18-14-16-19(17-15-18)26-27(21,24)25/h14-17H,2-13H2,1H3,(H,22,23)(H2,21,24,25). The highest BCUT2D eigenvalue weighted by Gasteiger charge is 2.06. The fourth-order valence-electron chi connectivity index (χ4n) is 2.90. The molecule has 0 aliphatic rings. The van der Waals surface area contributed by atoms with Crippen molar-refractivity contribution in [1.82, 2.24) is 0 Å². The lowest BCUT2D eigenvalue weighted by molar-refractivity contribution is -0.116. The largest absolute Gasteiger partial charge is 0.380 e. The van der Waals surface area contributed by atoms with Crippen molar-refractivity contribution >= 4 is 21.9 Å². The Morgan fingerprint density at radius 3 is 1.85 bits per heavy atom. The Bertz CT molecular complexity index is 630. The van der Waals surface area contributed by atoms with Crippen molar-refractivity contribution in [1.29, 1.82) is 0 Å². The molecule has 0 heterocycles. The summed E-state index contributed by atoms with van der Waals surface area (Å²) in [6.45, 7) is 2.24. The summed E-state index contributed by atoms with van der Waals surface area (Å²) >= 11 is 0. The van der Waals surface area contributed by atoms with E-state index in [2.05, 4.69) is 16.4 Å². The second kappa shape index (κ2) is 13.6. The maximum atomic E-state index is 11.9. The molecule has 0 aliphatic carbocycles. The van der Waals surface area contributed by atoms with Gasteiger partial charge in [-0.15, -0.1) is 0 Å². The van der Waals surface area contributed by atoms with Crippen molar-refractivity contribution in [3.05, 3.63) is 24.3 Å². The van der Waals surface area contributed by atoms with Crippen molar-refractivity contribution in [3.63, 3.8) is 0 Å². The van der Waals surface area contributed by atoms with Crippen molar-refractivity contribution in [3.8, 4) is 5.75 Å². The normalized spacial score (nSPS) is 11.3. The van der Waals surface area contributed by atoms with Gasteiger partial charge in [0.2, 0.25) is 5.91 Å². The summed E-state index contributed by atoms with van der Waals surface area (Å²) in [4.78, 5) is 11.9. The van der Waals surface area contributed by atoms with Gasteiger partial charge in [0.25, 0.3) is 0 Å². The smallest absolute Gasteiger partial charge is 0.371 e. The van der Waals surface area contributed by atoms with Crippen LogP contribution in [0.25, 0.3) is 0 Å². The van der Waals surface area contributed by atoms with E-state index in [0.717, 1.165) is 12.8 Å². The number of carbonyl (C=O) groups is 1. The fraction of sp³-hybridized carbons (Fsp3) is 0.650. The van der Waals surface area contributed by atoms with Gasteiger partial charge >= 0.3 is 10.3 Å². The molecule has 27 heavy (non-hydrogen) atoms. The Balaban J connectivity index is 2.06. The first-order valence-corrected chi connectivity index (χ1v) is 11.5. The van der Waals surface area contributed by atoms with Crippen LogP contribution in [0.15, 0.2) is 24.3 Å². The molecule has 3 N–H and O–H groups in total. The van der Waals surface area contributed by atoms with E-state index in [4.69, 9.17) is 5.14 Å². The predicted octanol–water partition coefficient (Wildman–Crippen LogP) is 4.91. The van der Waals surface area contributed by atoms with E-state index in [1.807, 2.05) is 0 Å². The molecule has 154 valence electrons. The molecule has 1 amide bonds. The molecule has 0 aromatic heterocycles. The zero-order valence-corrected chi connectivity index (χ0v) is 17.2. The predicted molar refractivity (Wildman–Crippen MR) is 110 cm³/mol. The molecule has 0 atom stereocenters. The van der Waals surface area contributed by atoms with E-state index in [9.17, 15) is 13.2 Å². The minimum atomic E-state index is -4.03. The van der Waals surface area contributed by atoms with E-state index in [-0.39, 0.29) is 11.7 Å². The average molecular weight is 399 g/mol. The lowest BCUT2D eigenvalue weighted by Gasteiger charge is -2.07. The number of unbranched alkanes of at least 4 members (excludes halogenated alkanes) is 10. The highest BCUT2D eigenvalue weighted by Crippen LogP contribution is 2.17. The number of benzene rings is 1. The average Bonchev–Trinajstić information content (AvgIpc) is 2.60. The van der Waals surface area contributed by atoms with Crippen LogP contribution >= 0.6 is 0 Å². The summed E-state index contributed by atoms with van der Waals surface area (Å²) in [5.41, 5.74) is 0.602. The van der Waals surface area contributed by atoms with Crippen molar-refractivity contribution < 1.29 is 17.4 Å². The molecule has 0 saturated heterocycles. The monoisotopic (exact) mass is 398 g/mol. The SMILES string of the molecule is CCCCCCCCCCCCCC(=O)Nc1ccc(OS(N)(=O)=O)cc1. The maximum absolute atomic E-state index is 11.9. The molecule has 1 aromatic rings. The molecule has 0 fully saturated rings. The summed E-state index contributed by atoms with van der Waals surface area (Å²) in [7, 11) is -4.03. The zero-order chi connectivity index (χ0) is 20.0. The number of nitrogens with two attached hydrogens (primary N) is 1. The molecule has 0 aliphatic heterocycles. The summed E-state index contributed by atoms with van der Waals surface area (Å²) in [5.74, 6) is 0.0758. The van der Waals surface area contributed by atoms with Crippen LogP contribution in [-0.2, 0) is 15.1 Å². The van der Waals surface area contributed by atoms with Crippen LogP contribution < -0.4 is 14.6 Å². The van der Waals surface area contributed by atoms with E-state index in [0.29, 0.717) is 12.1 Å². The zero-order valence-electron chi connectivity index (χ0n) is 16.4. The van der Waals surface area contributed by atoms with Gasteiger partial charge in [0.05, 0.1) is 0 Å². The molecular formula is C20H34N2O4S. The Hall–Kier alpha value is -1.60. The number of hydrogen-bond donors (Lipinski definition) is 2. The van der Waals surface area contributed by atoms with Crippen LogP contribution in [0.2, 0.25) is 0 Å². The summed E-state index contributed by atoms with van der Waals surface area (Å²) in [6.07, 6.45) is 14.2. The number of anilines is 1. The van der Waals surface area contributed by atoms with Gasteiger partial charge in [-0.1, -0.05) is 71.1 Å². The molecule has 0 saturated carbocycles. The second-order valence-corrected chi connectivity index (χ2v) is 8.09. The van der Waals surface area contributed by atoms with E-state index < -0.39 is 10.3 Å². The van der Waals surface area contributed by atoms with Gasteiger partial charge in [-0.05, 0) is 30.7 Å². The third kappa shape index (κ3) is 13.2. The second-order valence-electron chi connectivity index (χ2n) is 6.93. The van der Waals surface area contributed by atoms with Crippen molar-refractivity contribution in [2.24, 2.45) is 5.14 Å². The van der Waals surface area contributed by atoms with Crippen LogP contribution in [0.1, 0.15) is 84.0 Å². The number of rotatable bonds is 15. The first-order valence-electron chi connectivity index (χ1n) is 10.0. The summed E-state index contributed by atoms with van der Waals surface area (Å²) < 4.78 is 26.2. The van der Waals surface area contributed by atoms with Gasteiger partial charge in [-0.2, -0.15) is 13.6 Å². The molecular weight excluding hydrogens is 364 g/mol. The van der Waals surface area contributed by atoms with Gasteiger partial charge in [0.1, 0.15) is 5.75 Å². The van der Waals surface area contributed by atoms with Gasteiger partial charge in [0, 0.05) is 12.1 Å². The van der Waals surface area contributed by atoms with Crippen molar-refractivity contribution in [2.45, 2.75) is 84.0 Å². The third-order valence-electron chi connectivity index (χ3n) is 4.36. The van der Waals surface area contributed by atoms with Crippen LogP contribution in [0.3, 0.4) is 0 Å². The topological polar surface area (TPSA) is 98.5 Å². The highest BCUT2D eigenvalue weighted by molar-refractivity contribution is 7.84. The first-order chi connectivity index (χ1) is 12.9.